The molecule has 0 aliphatic heterocycles. The molecule has 11 rings (SSSR count). The maximum Gasteiger partial charge on any atom is 0.0142 e. The zero-order valence-electron chi connectivity index (χ0n) is 27.5. The van der Waals surface area contributed by atoms with Gasteiger partial charge in [0.2, 0.25) is 0 Å². The van der Waals surface area contributed by atoms with E-state index in [1.54, 1.807) is 0 Å². The van der Waals surface area contributed by atoms with E-state index in [9.17, 15) is 0 Å². The molecule has 0 radical (unpaired) electrons. The fourth-order valence-electron chi connectivity index (χ4n) is 9.22. The van der Waals surface area contributed by atoms with Crippen LogP contribution in [-0.2, 0) is 0 Å². The fraction of sp³-hybridized carbons (Fsp3) is 0.0400. The van der Waals surface area contributed by atoms with Crippen molar-refractivity contribution in [2.24, 2.45) is 0 Å². The van der Waals surface area contributed by atoms with E-state index in [0.29, 0.717) is 5.92 Å². The molecule has 0 saturated carbocycles. The predicted molar refractivity (Wildman–Crippen MR) is 214 cm³/mol. The Morgan fingerprint density at radius 2 is 1.00 bits per heavy atom. The summed E-state index contributed by atoms with van der Waals surface area (Å²) >= 11 is 0. The van der Waals surface area contributed by atoms with Crippen LogP contribution in [0.4, 0.5) is 0 Å². The molecule has 0 saturated heterocycles. The SMILES string of the molecule is C1=Cc2cccc3c2C(C1)c1cc(-c2c4ccccc4c(-c4cccc(-c5cccc6c5ccc5ccccc56)c4)c4ccccc24)ccc1-3. The largest absolute Gasteiger partial charge is 0.0830 e. The summed E-state index contributed by atoms with van der Waals surface area (Å²) in [6, 6.07) is 61.3. The van der Waals surface area contributed by atoms with Gasteiger partial charge in [0, 0.05) is 5.92 Å². The number of allylic oxidation sites excluding steroid dienone is 1. The maximum absolute atomic E-state index is 2.50. The second-order valence-corrected chi connectivity index (χ2v) is 13.9. The topological polar surface area (TPSA) is 0 Å². The summed E-state index contributed by atoms with van der Waals surface area (Å²) in [6.45, 7) is 0. The van der Waals surface area contributed by atoms with Crippen LogP contribution in [0, 0.1) is 0 Å². The highest BCUT2D eigenvalue weighted by Crippen LogP contribution is 2.52. The summed E-state index contributed by atoms with van der Waals surface area (Å²) in [4.78, 5) is 0. The molecule has 0 heterocycles. The Balaban J connectivity index is 1.12. The Hall–Kier alpha value is -6.24. The minimum atomic E-state index is 0.424. The van der Waals surface area contributed by atoms with E-state index in [0.717, 1.165) is 6.42 Å². The van der Waals surface area contributed by atoms with Crippen molar-refractivity contribution in [3.8, 4) is 44.5 Å². The molecule has 1 atom stereocenters. The normalized spacial score (nSPS) is 14.4. The van der Waals surface area contributed by atoms with Gasteiger partial charge in [0.1, 0.15) is 0 Å². The number of rotatable bonds is 3. The van der Waals surface area contributed by atoms with Crippen molar-refractivity contribution in [1.82, 2.24) is 0 Å². The monoisotopic (exact) mass is 632 g/mol. The first-order valence-electron chi connectivity index (χ1n) is 17.7. The summed E-state index contributed by atoms with van der Waals surface area (Å²) in [6.07, 6.45) is 5.72. The lowest BCUT2D eigenvalue weighted by Gasteiger charge is -2.20. The van der Waals surface area contributed by atoms with Crippen molar-refractivity contribution in [2.75, 3.05) is 0 Å². The zero-order chi connectivity index (χ0) is 32.8. The van der Waals surface area contributed by atoms with E-state index in [2.05, 4.69) is 176 Å². The Kier molecular flexibility index (Phi) is 5.89. The van der Waals surface area contributed by atoms with E-state index in [1.807, 2.05) is 0 Å². The number of fused-ring (bicyclic) bond motifs is 8. The van der Waals surface area contributed by atoms with Gasteiger partial charge in [-0.1, -0.05) is 164 Å². The molecule has 1 unspecified atom stereocenters. The van der Waals surface area contributed by atoms with Crippen LogP contribution in [0.5, 0.6) is 0 Å². The van der Waals surface area contributed by atoms with Crippen LogP contribution in [-0.4, -0.2) is 0 Å². The molecule has 0 fully saturated rings. The van der Waals surface area contributed by atoms with Gasteiger partial charge >= 0.3 is 0 Å². The lowest BCUT2D eigenvalue weighted by Crippen LogP contribution is -2.01. The van der Waals surface area contributed by atoms with Gasteiger partial charge in [-0.25, -0.2) is 0 Å². The molecule has 0 heteroatoms. The minimum absolute atomic E-state index is 0.424. The molecule has 0 amide bonds. The average Bonchev–Trinajstić information content (AvgIpc) is 3.51. The second kappa shape index (κ2) is 10.6. The molecule has 0 N–H and O–H groups in total. The van der Waals surface area contributed by atoms with Gasteiger partial charge in [-0.15, -0.1) is 0 Å². The van der Waals surface area contributed by atoms with Gasteiger partial charge in [-0.2, -0.15) is 0 Å². The molecule has 0 spiro atoms. The first-order chi connectivity index (χ1) is 24.8. The maximum atomic E-state index is 2.50. The van der Waals surface area contributed by atoms with Crippen LogP contribution >= 0.6 is 0 Å². The lowest BCUT2D eigenvalue weighted by molar-refractivity contribution is 0.844. The molecule has 9 aromatic carbocycles. The molecule has 2 aliphatic carbocycles. The zero-order valence-corrected chi connectivity index (χ0v) is 27.5. The molecule has 2 aliphatic rings. The van der Waals surface area contributed by atoms with Crippen molar-refractivity contribution in [3.63, 3.8) is 0 Å². The van der Waals surface area contributed by atoms with E-state index in [-0.39, 0.29) is 0 Å². The number of hydrogen-bond donors (Lipinski definition) is 0. The minimum Gasteiger partial charge on any atom is -0.0830 e. The van der Waals surface area contributed by atoms with Gasteiger partial charge in [0.25, 0.3) is 0 Å². The van der Waals surface area contributed by atoms with Gasteiger partial charge in [0.15, 0.2) is 0 Å². The summed E-state index contributed by atoms with van der Waals surface area (Å²) in [5.74, 6) is 0.424. The fourth-order valence-corrected chi connectivity index (χ4v) is 9.22. The summed E-state index contributed by atoms with van der Waals surface area (Å²) in [5.41, 5.74) is 14.8. The van der Waals surface area contributed by atoms with E-state index >= 15 is 0 Å². The molecule has 0 bridgehead atoms. The van der Waals surface area contributed by atoms with Crippen LogP contribution in [0.25, 0.3) is 93.7 Å². The van der Waals surface area contributed by atoms with E-state index < -0.39 is 0 Å². The van der Waals surface area contributed by atoms with Crippen LogP contribution in [0.15, 0.2) is 170 Å². The first kappa shape index (κ1) is 27.7. The van der Waals surface area contributed by atoms with Gasteiger partial charge in [-0.3, -0.25) is 0 Å². The second-order valence-electron chi connectivity index (χ2n) is 13.9. The number of hydrogen-bond acceptors (Lipinski definition) is 0. The van der Waals surface area contributed by atoms with Crippen LogP contribution in [0.1, 0.15) is 29.0 Å². The highest BCUT2D eigenvalue weighted by Gasteiger charge is 2.32. The third-order valence-electron chi connectivity index (χ3n) is 11.3. The third kappa shape index (κ3) is 3.94. The summed E-state index contributed by atoms with van der Waals surface area (Å²) in [7, 11) is 0. The Morgan fingerprint density at radius 3 is 1.78 bits per heavy atom. The Bertz CT molecular complexity index is 2850. The molecular formula is C50H32. The molecular weight excluding hydrogens is 601 g/mol. The highest BCUT2D eigenvalue weighted by molar-refractivity contribution is 6.22. The smallest absolute Gasteiger partial charge is 0.0142 e. The first-order valence-corrected chi connectivity index (χ1v) is 17.7. The van der Waals surface area contributed by atoms with Crippen molar-refractivity contribution in [2.45, 2.75) is 12.3 Å². The van der Waals surface area contributed by atoms with E-state index in [1.165, 1.54) is 104 Å². The average molecular weight is 633 g/mol. The lowest BCUT2D eigenvalue weighted by atomic mass is 9.83. The standard InChI is InChI=1S/C50H32/c1-2-16-36-31(11-1)25-27-39-37(21-10-22-38(36)39)33-14-7-15-34(29-33)49-42-17-3-5-19-44(42)50(45-20-6-4-18-43(45)49)35-26-28-40-41-23-8-12-32-13-9-24-46(48(32)41)47(40)30-35/h1-23,25-30,46H,24H2. The molecule has 0 nitrogen and oxygen atoms in total. The summed E-state index contributed by atoms with van der Waals surface area (Å²) < 4.78 is 0. The quantitative estimate of drug-likeness (QED) is 0.134. The van der Waals surface area contributed by atoms with E-state index in [4.69, 9.17) is 0 Å². The Morgan fingerprint density at radius 1 is 0.380 bits per heavy atom. The molecule has 9 aromatic rings. The highest BCUT2D eigenvalue weighted by atomic mass is 14.3. The Labute approximate surface area is 291 Å². The van der Waals surface area contributed by atoms with Gasteiger partial charge in [0.05, 0.1) is 0 Å². The summed E-state index contributed by atoms with van der Waals surface area (Å²) in [5, 5.41) is 10.3. The molecule has 0 aromatic heterocycles. The molecule has 50 heavy (non-hydrogen) atoms. The predicted octanol–water partition coefficient (Wildman–Crippen LogP) is 13.8. The third-order valence-corrected chi connectivity index (χ3v) is 11.3. The number of benzene rings is 9. The van der Waals surface area contributed by atoms with Crippen molar-refractivity contribution in [1.29, 1.82) is 0 Å². The van der Waals surface area contributed by atoms with Crippen molar-refractivity contribution >= 4 is 49.2 Å². The van der Waals surface area contributed by atoms with Gasteiger partial charge in [-0.05, 0) is 123 Å². The van der Waals surface area contributed by atoms with Crippen molar-refractivity contribution < 1.29 is 0 Å². The van der Waals surface area contributed by atoms with Crippen molar-refractivity contribution in [3.05, 3.63) is 187 Å². The molecule has 232 valence electrons. The van der Waals surface area contributed by atoms with Crippen LogP contribution in [0.3, 0.4) is 0 Å². The van der Waals surface area contributed by atoms with Crippen LogP contribution < -0.4 is 0 Å². The van der Waals surface area contributed by atoms with Gasteiger partial charge < -0.3 is 0 Å². The van der Waals surface area contributed by atoms with Crippen LogP contribution in [0.2, 0.25) is 0 Å².